The Bertz CT molecular complexity index is 315. The van der Waals surface area contributed by atoms with Crippen molar-refractivity contribution in [3.8, 4) is 0 Å². The van der Waals surface area contributed by atoms with E-state index in [1.54, 1.807) is 0 Å². The normalized spacial score (nSPS) is 10.8. The molecule has 0 heterocycles. The van der Waals surface area contributed by atoms with Crippen molar-refractivity contribution in [1.29, 1.82) is 0 Å². The maximum atomic E-state index is 3.54. The molecule has 2 nitrogen and oxygen atoms in total. The van der Waals surface area contributed by atoms with Crippen molar-refractivity contribution < 1.29 is 0 Å². The minimum atomic E-state index is 0.991. The Balaban J connectivity index is 2.17. The van der Waals surface area contributed by atoms with E-state index < -0.39 is 0 Å². The molecule has 1 rings (SSSR count). The van der Waals surface area contributed by atoms with Crippen molar-refractivity contribution in [2.45, 2.75) is 26.2 Å². The van der Waals surface area contributed by atoms with E-state index in [4.69, 9.17) is 0 Å². The highest BCUT2D eigenvalue weighted by atomic mass is 79.9. The van der Waals surface area contributed by atoms with E-state index in [9.17, 15) is 0 Å². The first-order valence-corrected chi connectivity index (χ1v) is 7.20. The first kappa shape index (κ1) is 14.5. The second kappa shape index (κ2) is 8.54. The Morgan fingerprint density at radius 1 is 1.18 bits per heavy atom. The number of anilines is 1. The van der Waals surface area contributed by atoms with Gasteiger partial charge in [-0.25, -0.2) is 0 Å². The summed E-state index contributed by atoms with van der Waals surface area (Å²) >= 11 is 3.54. The van der Waals surface area contributed by atoms with Gasteiger partial charge >= 0.3 is 0 Å². The van der Waals surface area contributed by atoms with Gasteiger partial charge in [-0.1, -0.05) is 31.9 Å². The Morgan fingerprint density at radius 3 is 2.65 bits per heavy atom. The van der Waals surface area contributed by atoms with Crippen molar-refractivity contribution in [3.63, 3.8) is 0 Å². The summed E-state index contributed by atoms with van der Waals surface area (Å²) in [6.07, 6.45) is 3.94. The van der Waals surface area contributed by atoms with Gasteiger partial charge in [-0.05, 0) is 48.1 Å². The summed E-state index contributed by atoms with van der Waals surface area (Å²) < 4.78 is 1.13. The highest BCUT2D eigenvalue weighted by Crippen LogP contribution is 2.20. The fourth-order valence-corrected chi connectivity index (χ4v) is 2.15. The van der Waals surface area contributed by atoms with E-state index in [0.717, 1.165) is 17.6 Å². The first-order valence-electron chi connectivity index (χ1n) is 6.41. The van der Waals surface area contributed by atoms with E-state index in [2.05, 4.69) is 58.3 Å². The van der Waals surface area contributed by atoms with Crippen LogP contribution in [-0.4, -0.2) is 31.6 Å². The number of benzene rings is 1. The molecule has 0 amide bonds. The van der Waals surface area contributed by atoms with E-state index in [1.807, 2.05) is 6.07 Å². The van der Waals surface area contributed by atoms with Gasteiger partial charge in [0.25, 0.3) is 0 Å². The average Bonchev–Trinajstić information content (AvgIpc) is 2.32. The second-order valence-corrected chi connectivity index (χ2v) is 5.27. The summed E-state index contributed by atoms with van der Waals surface area (Å²) in [6, 6.07) is 8.25. The second-order valence-electron chi connectivity index (χ2n) is 4.42. The van der Waals surface area contributed by atoms with E-state index in [0.29, 0.717) is 0 Å². The van der Waals surface area contributed by atoms with Gasteiger partial charge in [-0.15, -0.1) is 0 Å². The fourth-order valence-electron chi connectivity index (χ4n) is 1.73. The van der Waals surface area contributed by atoms with Gasteiger partial charge < -0.3 is 10.2 Å². The summed E-state index contributed by atoms with van der Waals surface area (Å²) in [7, 11) is 2.19. The van der Waals surface area contributed by atoms with Crippen LogP contribution in [-0.2, 0) is 0 Å². The molecule has 1 N–H and O–H groups in total. The van der Waals surface area contributed by atoms with E-state index in [1.165, 1.54) is 31.5 Å². The fraction of sp³-hybridized carbons (Fsp3) is 0.571. The van der Waals surface area contributed by atoms with Crippen LogP contribution in [0, 0.1) is 0 Å². The molecule has 0 aliphatic heterocycles. The monoisotopic (exact) mass is 298 g/mol. The molecule has 0 aliphatic rings. The number of unbranched alkanes of at least 4 members (excludes halogenated alkanes) is 2. The molecule has 1 aromatic rings. The Morgan fingerprint density at radius 2 is 1.94 bits per heavy atom. The van der Waals surface area contributed by atoms with Gasteiger partial charge in [-0.3, -0.25) is 0 Å². The highest BCUT2D eigenvalue weighted by Gasteiger charge is 1.99. The largest absolute Gasteiger partial charge is 0.383 e. The topological polar surface area (TPSA) is 15.3 Å². The third kappa shape index (κ3) is 6.08. The predicted molar refractivity (Wildman–Crippen MR) is 79.7 cm³/mol. The lowest BCUT2D eigenvalue weighted by atomic mass is 10.2. The summed E-state index contributed by atoms with van der Waals surface area (Å²) in [5.74, 6) is 0. The number of likely N-dealkylation sites (N-methyl/N-ethyl adjacent to an activating group) is 1. The molecule has 0 aliphatic carbocycles. The minimum absolute atomic E-state index is 0.991. The van der Waals surface area contributed by atoms with Gasteiger partial charge in [0.15, 0.2) is 0 Å². The molecule has 0 radical (unpaired) electrons. The lowest BCUT2D eigenvalue weighted by molar-refractivity contribution is 0.337. The Hall–Kier alpha value is -0.540. The van der Waals surface area contributed by atoms with Crippen LogP contribution < -0.4 is 5.32 Å². The third-order valence-electron chi connectivity index (χ3n) is 2.83. The van der Waals surface area contributed by atoms with Crippen LogP contribution in [0.5, 0.6) is 0 Å². The lowest BCUT2D eigenvalue weighted by Gasteiger charge is -2.17. The van der Waals surface area contributed by atoms with Gasteiger partial charge in [0.05, 0.1) is 0 Å². The Kier molecular flexibility index (Phi) is 7.29. The van der Waals surface area contributed by atoms with Crippen molar-refractivity contribution in [2.24, 2.45) is 0 Å². The number of para-hydroxylation sites is 1. The van der Waals surface area contributed by atoms with Crippen LogP contribution in [0.15, 0.2) is 28.7 Å². The van der Waals surface area contributed by atoms with Gasteiger partial charge in [-0.2, -0.15) is 0 Å². The molecule has 0 saturated carbocycles. The highest BCUT2D eigenvalue weighted by molar-refractivity contribution is 9.10. The SMILES string of the molecule is CCCCCN(C)CCNc1ccccc1Br. The number of nitrogens with one attached hydrogen (secondary N) is 1. The molecule has 0 atom stereocenters. The number of halogens is 1. The van der Waals surface area contributed by atoms with Crippen LogP contribution in [0.3, 0.4) is 0 Å². The smallest absolute Gasteiger partial charge is 0.0485 e. The van der Waals surface area contributed by atoms with Crippen LogP contribution in [0.2, 0.25) is 0 Å². The molecular weight excluding hydrogens is 276 g/mol. The standard InChI is InChI=1S/C14H23BrN2/c1-3-4-7-11-17(2)12-10-16-14-9-6-5-8-13(14)15/h5-6,8-9,16H,3-4,7,10-12H2,1-2H3. The molecule has 96 valence electrons. The molecule has 17 heavy (non-hydrogen) atoms. The molecule has 0 spiro atoms. The van der Waals surface area contributed by atoms with Crippen LogP contribution >= 0.6 is 15.9 Å². The maximum absolute atomic E-state index is 3.54. The zero-order chi connectivity index (χ0) is 12.5. The van der Waals surface area contributed by atoms with Crippen molar-refractivity contribution in [1.82, 2.24) is 4.90 Å². The number of hydrogen-bond acceptors (Lipinski definition) is 2. The molecular formula is C14H23BrN2. The minimum Gasteiger partial charge on any atom is -0.383 e. The number of hydrogen-bond donors (Lipinski definition) is 1. The maximum Gasteiger partial charge on any atom is 0.0485 e. The Labute approximate surface area is 114 Å². The third-order valence-corrected chi connectivity index (χ3v) is 3.52. The van der Waals surface area contributed by atoms with Crippen molar-refractivity contribution >= 4 is 21.6 Å². The zero-order valence-electron chi connectivity index (χ0n) is 10.9. The van der Waals surface area contributed by atoms with Crippen LogP contribution in [0.1, 0.15) is 26.2 Å². The number of nitrogens with zero attached hydrogens (tertiary/aromatic N) is 1. The molecule has 3 heteroatoms. The predicted octanol–water partition coefficient (Wildman–Crippen LogP) is 3.98. The van der Waals surface area contributed by atoms with Crippen molar-refractivity contribution in [3.05, 3.63) is 28.7 Å². The van der Waals surface area contributed by atoms with E-state index in [-0.39, 0.29) is 0 Å². The van der Waals surface area contributed by atoms with E-state index >= 15 is 0 Å². The summed E-state index contributed by atoms with van der Waals surface area (Å²) in [6.45, 7) is 5.52. The molecule has 0 saturated heterocycles. The quantitative estimate of drug-likeness (QED) is 0.730. The van der Waals surface area contributed by atoms with Gasteiger partial charge in [0.2, 0.25) is 0 Å². The lowest BCUT2D eigenvalue weighted by Crippen LogP contribution is -2.26. The molecule has 0 bridgehead atoms. The zero-order valence-corrected chi connectivity index (χ0v) is 12.5. The summed E-state index contributed by atoms with van der Waals surface area (Å²) in [4.78, 5) is 2.39. The van der Waals surface area contributed by atoms with Gasteiger partial charge in [0, 0.05) is 23.2 Å². The average molecular weight is 299 g/mol. The van der Waals surface area contributed by atoms with Crippen LogP contribution in [0.4, 0.5) is 5.69 Å². The van der Waals surface area contributed by atoms with Gasteiger partial charge in [0.1, 0.15) is 0 Å². The summed E-state index contributed by atoms with van der Waals surface area (Å²) in [5, 5.41) is 3.45. The number of rotatable bonds is 8. The molecule has 0 unspecified atom stereocenters. The molecule has 0 aromatic heterocycles. The van der Waals surface area contributed by atoms with Crippen LogP contribution in [0.25, 0.3) is 0 Å². The molecule has 0 fully saturated rings. The molecule has 1 aromatic carbocycles. The first-order chi connectivity index (χ1) is 8.24. The van der Waals surface area contributed by atoms with Crippen molar-refractivity contribution in [2.75, 3.05) is 32.0 Å². The summed E-state index contributed by atoms with van der Waals surface area (Å²) in [5.41, 5.74) is 1.18.